The zero-order valence-corrected chi connectivity index (χ0v) is 17.0. The molecule has 0 N–H and O–H groups in total. The standard InChI is InChI=1S/C27H23NO2/c1-18(2)27(29)30-17-7-16-28-23-14-12-19-8-3-5-10-21(19)25(23)26-22-11-6-4-9-20(22)13-15-24(26)28/h3-6,8-15H,1,7,16-17H2,2H3. The summed E-state index contributed by atoms with van der Waals surface area (Å²) in [5.41, 5.74) is 2.86. The Morgan fingerprint density at radius 2 is 1.37 bits per heavy atom. The summed E-state index contributed by atoms with van der Waals surface area (Å²) >= 11 is 0. The molecular weight excluding hydrogens is 370 g/mol. The summed E-state index contributed by atoms with van der Waals surface area (Å²) in [6, 6.07) is 25.9. The van der Waals surface area contributed by atoms with Crippen LogP contribution in [0.2, 0.25) is 0 Å². The fourth-order valence-electron chi connectivity index (χ4n) is 4.38. The topological polar surface area (TPSA) is 31.2 Å². The van der Waals surface area contributed by atoms with Crippen LogP contribution in [0.15, 0.2) is 84.9 Å². The lowest BCUT2D eigenvalue weighted by Gasteiger charge is -2.09. The summed E-state index contributed by atoms with van der Waals surface area (Å²) in [4.78, 5) is 11.7. The number of hydrogen-bond donors (Lipinski definition) is 0. The second kappa shape index (κ2) is 7.34. The predicted molar refractivity (Wildman–Crippen MR) is 125 cm³/mol. The van der Waals surface area contributed by atoms with E-state index in [2.05, 4.69) is 83.9 Å². The van der Waals surface area contributed by atoms with Gasteiger partial charge in [0.15, 0.2) is 0 Å². The van der Waals surface area contributed by atoms with Crippen molar-refractivity contribution in [3.05, 3.63) is 84.9 Å². The van der Waals surface area contributed by atoms with E-state index < -0.39 is 0 Å². The molecule has 0 aliphatic carbocycles. The van der Waals surface area contributed by atoms with Gasteiger partial charge in [0.05, 0.1) is 6.61 Å². The number of nitrogens with zero attached hydrogens (tertiary/aromatic N) is 1. The van der Waals surface area contributed by atoms with Crippen LogP contribution in [0.25, 0.3) is 43.4 Å². The molecule has 1 heterocycles. The highest BCUT2D eigenvalue weighted by molar-refractivity contribution is 6.27. The van der Waals surface area contributed by atoms with Crippen molar-refractivity contribution in [3.8, 4) is 0 Å². The number of benzene rings is 4. The van der Waals surface area contributed by atoms with Crippen LogP contribution in [-0.4, -0.2) is 17.1 Å². The Morgan fingerprint density at radius 3 is 1.90 bits per heavy atom. The first-order valence-corrected chi connectivity index (χ1v) is 10.3. The minimum Gasteiger partial charge on any atom is -0.462 e. The third kappa shape index (κ3) is 2.94. The smallest absolute Gasteiger partial charge is 0.333 e. The van der Waals surface area contributed by atoms with E-state index in [0.29, 0.717) is 12.2 Å². The summed E-state index contributed by atoms with van der Waals surface area (Å²) in [5, 5.41) is 7.60. The van der Waals surface area contributed by atoms with Gasteiger partial charge >= 0.3 is 5.97 Å². The van der Waals surface area contributed by atoms with E-state index in [-0.39, 0.29) is 5.97 Å². The number of aryl methyl sites for hydroxylation is 1. The first-order chi connectivity index (χ1) is 14.6. The minimum absolute atomic E-state index is 0.325. The van der Waals surface area contributed by atoms with Crippen molar-refractivity contribution in [1.29, 1.82) is 0 Å². The molecule has 0 atom stereocenters. The Bertz CT molecular complexity index is 1350. The van der Waals surface area contributed by atoms with Crippen molar-refractivity contribution in [2.24, 2.45) is 0 Å². The van der Waals surface area contributed by atoms with Gasteiger partial charge in [-0.3, -0.25) is 0 Å². The lowest BCUT2D eigenvalue weighted by atomic mass is 10.00. The Morgan fingerprint density at radius 1 is 0.833 bits per heavy atom. The average Bonchev–Trinajstić information content (AvgIpc) is 3.11. The molecule has 0 amide bonds. The third-order valence-electron chi connectivity index (χ3n) is 5.75. The summed E-state index contributed by atoms with van der Waals surface area (Å²) in [6.07, 6.45) is 0.748. The molecule has 30 heavy (non-hydrogen) atoms. The van der Waals surface area contributed by atoms with Crippen molar-refractivity contribution < 1.29 is 9.53 Å². The van der Waals surface area contributed by atoms with Crippen molar-refractivity contribution in [2.45, 2.75) is 19.9 Å². The lowest BCUT2D eigenvalue weighted by Crippen LogP contribution is -2.08. The van der Waals surface area contributed by atoms with Crippen molar-refractivity contribution in [2.75, 3.05) is 6.61 Å². The van der Waals surface area contributed by atoms with Gasteiger partial charge in [0.25, 0.3) is 0 Å². The number of carbonyl (C=O) groups excluding carboxylic acids is 1. The van der Waals surface area contributed by atoms with Gasteiger partial charge in [0.2, 0.25) is 0 Å². The first kappa shape index (κ1) is 18.4. The fourth-order valence-corrected chi connectivity index (χ4v) is 4.38. The normalized spacial score (nSPS) is 11.5. The molecule has 3 heteroatoms. The zero-order valence-electron chi connectivity index (χ0n) is 17.0. The van der Waals surface area contributed by atoms with Crippen molar-refractivity contribution in [1.82, 2.24) is 4.57 Å². The summed E-state index contributed by atoms with van der Waals surface area (Å²) < 4.78 is 7.67. The summed E-state index contributed by atoms with van der Waals surface area (Å²) in [7, 11) is 0. The molecule has 0 saturated heterocycles. The minimum atomic E-state index is -0.325. The number of aromatic nitrogens is 1. The molecule has 5 aromatic rings. The van der Waals surface area contributed by atoms with Crippen LogP contribution in [0.4, 0.5) is 0 Å². The lowest BCUT2D eigenvalue weighted by molar-refractivity contribution is -0.139. The second-order valence-corrected chi connectivity index (χ2v) is 7.78. The highest BCUT2D eigenvalue weighted by Gasteiger charge is 2.15. The summed E-state index contributed by atoms with van der Waals surface area (Å²) in [6.45, 7) is 6.48. The molecule has 0 fully saturated rings. The van der Waals surface area contributed by atoms with E-state index in [1.165, 1.54) is 43.4 Å². The first-order valence-electron chi connectivity index (χ1n) is 10.3. The van der Waals surface area contributed by atoms with Crippen LogP contribution >= 0.6 is 0 Å². The molecule has 4 aromatic carbocycles. The van der Waals surface area contributed by atoms with Gasteiger partial charge < -0.3 is 9.30 Å². The Labute approximate surface area is 175 Å². The van der Waals surface area contributed by atoms with Gasteiger partial charge in [0, 0.05) is 33.9 Å². The molecule has 0 unspecified atom stereocenters. The van der Waals surface area contributed by atoms with Crippen LogP contribution < -0.4 is 0 Å². The van der Waals surface area contributed by atoms with E-state index in [1.807, 2.05) is 0 Å². The maximum Gasteiger partial charge on any atom is 0.333 e. The second-order valence-electron chi connectivity index (χ2n) is 7.78. The molecule has 0 aliphatic rings. The molecule has 3 nitrogen and oxygen atoms in total. The number of esters is 1. The molecule has 0 saturated carbocycles. The van der Waals surface area contributed by atoms with Crippen LogP contribution in [0.3, 0.4) is 0 Å². The molecule has 148 valence electrons. The number of ether oxygens (including phenoxy) is 1. The summed E-state index contributed by atoms with van der Waals surface area (Å²) in [5.74, 6) is -0.325. The van der Waals surface area contributed by atoms with Crippen molar-refractivity contribution in [3.63, 3.8) is 0 Å². The van der Waals surface area contributed by atoms with E-state index >= 15 is 0 Å². The van der Waals surface area contributed by atoms with E-state index in [1.54, 1.807) is 6.92 Å². The van der Waals surface area contributed by atoms with E-state index in [0.717, 1.165) is 13.0 Å². The molecule has 0 bridgehead atoms. The number of rotatable bonds is 5. The van der Waals surface area contributed by atoms with E-state index in [4.69, 9.17) is 4.74 Å². The zero-order chi connectivity index (χ0) is 20.7. The van der Waals surface area contributed by atoms with E-state index in [9.17, 15) is 4.79 Å². The van der Waals surface area contributed by atoms with Crippen molar-refractivity contribution >= 4 is 49.3 Å². The molecule has 1 aromatic heterocycles. The Hall–Kier alpha value is -3.59. The molecule has 0 aliphatic heterocycles. The molecule has 0 radical (unpaired) electrons. The molecule has 0 spiro atoms. The SMILES string of the molecule is C=C(C)C(=O)OCCCn1c2ccc3ccccc3c2c2c3ccccc3ccc21. The highest BCUT2D eigenvalue weighted by Crippen LogP contribution is 2.38. The maximum absolute atomic E-state index is 11.7. The fraction of sp³-hybridized carbons (Fsp3) is 0.148. The number of fused-ring (bicyclic) bond motifs is 7. The van der Waals surface area contributed by atoms with Gasteiger partial charge in [-0.2, -0.15) is 0 Å². The van der Waals surface area contributed by atoms with Crippen LogP contribution in [0, 0.1) is 0 Å². The monoisotopic (exact) mass is 393 g/mol. The van der Waals surface area contributed by atoms with Gasteiger partial charge in [-0.15, -0.1) is 0 Å². The third-order valence-corrected chi connectivity index (χ3v) is 5.75. The van der Waals surface area contributed by atoms with Crippen LogP contribution in [0.5, 0.6) is 0 Å². The largest absolute Gasteiger partial charge is 0.462 e. The van der Waals surface area contributed by atoms with Crippen LogP contribution in [0.1, 0.15) is 13.3 Å². The van der Waals surface area contributed by atoms with Gasteiger partial charge in [-0.05, 0) is 47.0 Å². The Kier molecular flexibility index (Phi) is 4.51. The molecular formula is C27H23NO2. The quantitative estimate of drug-likeness (QED) is 0.191. The van der Waals surface area contributed by atoms with Crippen LogP contribution in [-0.2, 0) is 16.1 Å². The highest BCUT2D eigenvalue weighted by atomic mass is 16.5. The predicted octanol–water partition coefficient (Wildman–Crippen LogP) is 6.61. The number of hydrogen-bond acceptors (Lipinski definition) is 2. The Balaban J connectivity index is 1.70. The number of carbonyl (C=O) groups is 1. The average molecular weight is 393 g/mol. The molecule has 5 rings (SSSR count). The van der Waals surface area contributed by atoms with Gasteiger partial charge in [-0.1, -0.05) is 67.2 Å². The van der Waals surface area contributed by atoms with Gasteiger partial charge in [-0.25, -0.2) is 4.79 Å². The maximum atomic E-state index is 11.7. The van der Waals surface area contributed by atoms with Gasteiger partial charge in [0.1, 0.15) is 0 Å².